The number of ketones is 1. The van der Waals surface area contributed by atoms with Crippen LogP contribution < -0.4 is 0 Å². The fourth-order valence-electron chi connectivity index (χ4n) is 3.17. The normalized spacial score (nSPS) is 11.1. The first kappa shape index (κ1) is 18.4. The summed E-state index contributed by atoms with van der Waals surface area (Å²) in [5.74, 6) is 0.430. The van der Waals surface area contributed by atoms with E-state index in [4.69, 9.17) is 0 Å². The number of hydrogen-bond donors (Lipinski definition) is 0. The summed E-state index contributed by atoms with van der Waals surface area (Å²) in [4.78, 5) is 21.5. The maximum absolute atomic E-state index is 12.8. The molecule has 0 spiro atoms. The smallest absolute Gasteiger partial charge is 0.173 e. The van der Waals surface area contributed by atoms with Crippen LogP contribution in [-0.4, -0.2) is 31.3 Å². The van der Waals surface area contributed by atoms with Crippen molar-refractivity contribution in [3.63, 3.8) is 0 Å². The number of fused-ring (bicyclic) bond motifs is 1. The van der Waals surface area contributed by atoms with Gasteiger partial charge < -0.3 is 0 Å². The molecular formula is C22H20N4OS. The summed E-state index contributed by atoms with van der Waals surface area (Å²) in [7, 11) is 0. The SMILES string of the molecule is Cc1cc(C)c(C(=O)CSc2ncnc3c2cnn3-c2ccccc2)cc1C. The molecule has 6 heteroatoms. The third-order valence-corrected chi connectivity index (χ3v) is 5.82. The van der Waals surface area contributed by atoms with Gasteiger partial charge in [-0.2, -0.15) is 5.10 Å². The Morgan fingerprint density at radius 2 is 1.75 bits per heavy atom. The molecule has 2 aromatic heterocycles. The lowest BCUT2D eigenvalue weighted by Crippen LogP contribution is -2.06. The minimum absolute atomic E-state index is 0.104. The zero-order valence-corrected chi connectivity index (χ0v) is 16.8. The molecule has 4 aromatic rings. The molecule has 2 aromatic carbocycles. The number of Topliss-reactive ketones (excluding diaryl/α,β-unsaturated/α-hetero) is 1. The highest BCUT2D eigenvalue weighted by Gasteiger charge is 2.15. The van der Waals surface area contributed by atoms with Gasteiger partial charge in [-0.15, -0.1) is 0 Å². The van der Waals surface area contributed by atoms with Gasteiger partial charge in [0.2, 0.25) is 0 Å². The van der Waals surface area contributed by atoms with Crippen LogP contribution >= 0.6 is 11.8 Å². The van der Waals surface area contributed by atoms with Crippen LogP contribution in [0.4, 0.5) is 0 Å². The number of benzene rings is 2. The Morgan fingerprint density at radius 3 is 2.54 bits per heavy atom. The van der Waals surface area contributed by atoms with Crippen LogP contribution in [-0.2, 0) is 0 Å². The Hall–Kier alpha value is -2.99. The van der Waals surface area contributed by atoms with E-state index in [0.717, 1.165) is 38.4 Å². The molecule has 0 aliphatic rings. The molecule has 0 aliphatic heterocycles. The number of aryl methyl sites for hydroxylation is 3. The van der Waals surface area contributed by atoms with Gasteiger partial charge in [-0.1, -0.05) is 36.0 Å². The van der Waals surface area contributed by atoms with Crippen molar-refractivity contribution in [2.24, 2.45) is 0 Å². The van der Waals surface area contributed by atoms with E-state index >= 15 is 0 Å². The molecule has 0 radical (unpaired) electrons. The quantitative estimate of drug-likeness (QED) is 0.281. The van der Waals surface area contributed by atoms with Crippen molar-refractivity contribution >= 4 is 28.6 Å². The van der Waals surface area contributed by atoms with Gasteiger partial charge in [0, 0.05) is 5.56 Å². The first-order valence-corrected chi connectivity index (χ1v) is 10.0. The van der Waals surface area contributed by atoms with Crippen LogP contribution in [0.25, 0.3) is 16.7 Å². The van der Waals surface area contributed by atoms with E-state index in [9.17, 15) is 4.79 Å². The number of aromatic nitrogens is 4. The third kappa shape index (κ3) is 3.43. The Bertz CT molecular complexity index is 1170. The number of carbonyl (C=O) groups is 1. The number of carbonyl (C=O) groups excluding carboxylic acids is 1. The zero-order chi connectivity index (χ0) is 19.7. The molecule has 0 saturated carbocycles. The standard InChI is InChI=1S/C22H20N4OS/c1-14-9-16(3)18(10-15(14)2)20(27)12-28-22-19-11-25-26(21(19)23-13-24-22)17-7-5-4-6-8-17/h4-11,13H,12H2,1-3H3. The van der Waals surface area contributed by atoms with E-state index in [0.29, 0.717) is 5.75 Å². The second-order valence-electron chi connectivity index (χ2n) is 6.77. The van der Waals surface area contributed by atoms with Gasteiger partial charge in [-0.05, 0) is 55.7 Å². The summed E-state index contributed by atoms with van der Waals surface area (Å²) in [6, 6.07) is 13.9. The first-order valence-electron chi connectivity index (χ1n) is 9.02. The van der Waals surface area contributed by atoms with Gasteiger partial charge in [-0.3, -0.25) is 4.79 Å². The lowest BCUT2D eigenvalue weighted by Gasteiger charge is -2.09. The second kappa shape index (κ2) is 7.56. The van der Waals surface area contributed by atoms with Crippen LogP contribution in [0.5, 0.6) is 0 Å². The monoisotopic (exact) mass is 388 g/mol. The van der Waals surface area contributed by atoms with Crippen LogP contribution in [0, 0.1) is 20.8 Å². The molecule has 0 bridgehead atoms. The fourth-order valence-corrected chi connectivity index (χ4v) is 4.01. The molecule has 0 atom stereocenters. The van der Waals surface area contributed by atoms with Crippen molar-refractivity contribution in [2.45, 2.75) is 25.8 Å². The molecule has 0 unspecified atom stereocenters. The average Bonchev–Trinajstić information content (AvgIpc) is 3.14. The third-order valence-electron chi connectivity index (χ3n) is 4.81. The minimum Gasteiger partial charge on any atom is -0.293 e. The van der Waals surface area contributed by atoms with Gasteiger partial charge in [0.25, 0.3) is 0 Å². The first-order chi connectivity index (χ1) is 13.5. The largest absolute Gasteiger partial charge is 0.293 e. The maximum Gasteiger partial charge on any atom is 0.173 e. The van der Waals surface area contributed by atoms with E-state index in [2.05, 4.69) is 28.1 Å². The molecule has 0 N–H and O–H groups in total. The number of nitrogens with zero attached hydrogens (tertiary/aromatic N) is 4. The molecule has 5 nitrogen and oxygen atoms in total. The van der Waals surface area contributed by atoms with E-state index in [1.54, 1.807) is 10.9 Å². The number of hydrogen-bond acceptors (Lipinski definition) is 5. The van der Waals surface area contributed by atoms with Gasteiger partial charge in [-0.25, -0.2) is 14.6 Å². The summed E-state index contributed by atoms with van der Waals surface area (Å²) in [6.45, 7) is 6.08. The lowest BCUT2D eigenvalue weighted by atomic mass is 9.99. The second-order valence-corrected chi connectivity index (χ2v) is 7.74. The predicted octanol–water partition coefficient (Wildman–Crippen LogP) is 4.72. The van der Waals surface area contributed by atoms with Gasteiger partial charge >= 0.3 is 0 Å². The summed E-state index contributed by atoms with van der Waals surface area (Å²) < 4.78 is 1.79. The molecule has 140 valence electrons. The van der Waals surface area contributed by atoms with Crippen LogP contribution in [0.3, 0.4) is 0 Å². The number of thioether (sulfide) groups is 1. The van der Waals surface area contributed by atoms with Gasteiger partial charge in [0.05, 0.1) is 23.0 Å². The average molecular weight is 388 g/mol. The highest BCUT2D eigenvalue weighted by molar-refractivity contribution is 8.00. The van der Waals surface area contributed by atoms with E-state index in [1.165, 1.54) is 23.7 Å². The van der Waals surface area contributed by atoms with Crippen LogP contribution in [0.2, 0.25) is 0 Å². The zero-order valence-electron chi connectivity index (χ0n) is 16.0. The summed E-state index contributed by atoms with van der Waals surface area (Å²) in [6.07, 6.45) is 3.29. The molecule has 0 aliphatic carbocycles. The maximum atomic E-state index is 12.8. The van der Waals surface area contributed by atoms with Crippen molar-refractivity contribution in [3.8, 4) is 5.69 Å². The number of para-hydroxylation sites is 1. The molecular weight excluding hydrogens is 368 g/mol. The predicted molar refractivity (Wildman–Crippen MR) is 112 cm³/mol. The molecule has 0 saturated heterocycles. The van der Waals surface area contributed by atoms with Crippen molar-refractivity contribution in [2.75, 3.05) is 5.75 Å². The Balaban J connectivity index is 1.60. The summed E-state index contributed by atoms with van der Waals surface area (Å²) in [5.41, 5.74) is 5.80. The molecule has 28 heavy (non-hydrogen) atoms. The van der Waals surface area contributed by atoms with Crippen molar-refractivity contribution in [3.05, 3.63) is 77.2 Å². The van der Waals surface area contributed by atoms with Gasteiger partial charge in [0.1, 0.15) is 11.4 Å². The van der Waals surface area contributed by atoms with E-state index in [1.807, 2.05) is 50.2 Å². The topological polar surface area (TPSA) is 60.7 Å². The molecule has 4 rings (SSSR count). The van der Waals surface area contributed by atoms with Crippen molar-refractivity contribution in [1.82, 2.24) is 19.7 Å². The summed E-state index contributed by atoms with van der Waals surface area (Å²) in [5, 5.41) is 6.08. The van der Waals surface area contributed by atoms with E-state index in [-0.39, 0.29) is 5.78 Å². The Morgan fingerprint density at radius 1 is 1.00 bits per heavy atom. The summed E-state index contributed by atoms with van der Waals surface area (Å²) >= 11 is 1.43. The lowest BCUT2D eigenvalue weighted by molar-refractivity contribution is 0.102. The van der Waals surface area contributed by atoms with Crippen molar-refractivity contribution in [1.29, 1.82) is 0 Å². The van der Waals surface area contributed by atoms with E-state index < -0.39 is 0 Å². The number of rotatable bonds is 5. The van der Waals surface area contributed by atoms with Crippen LogP contribution in [0.15, 0.2) is 60.0 Å². The molecule has 2 heterocycles. The molecule has 0 amide bonds. The highest BCUT2D eigenvalue weighted by atomic mass is 32.2. The Kier molecular flexibility index (Phi) is 4.96. The molecule has 0 fully saturated rings. The van der Waals surface area contributed by atoms with Crippen molar-refractivity contribution < 1.29 is 4.79 Å². The minimum atomic E-state index is 0.104. The highest BCUT2D eigenvalue weighted by Crippen LogP contribution is 2.27. The van der Waals surface area contributed by atoms with Crippen LogP contribution in [0.1, 0.15) is 27.0 Å². The Labute approximate surface area is 167 Å². The fraction of sp³-hybridized carbons (Fsp3) is 0.182. The van der Waals surface area contributed by atoms with Gasteiger partial charge in [0.15, 0.2) is 11.4 Å².